The fraction of sp³-hybridized carbons (Fsp3) is 0.824. The van der Waals surface area contributed by atoms with Crippen LogP contribution in [-0.2, 0) is 9.53 Å². The second kappa shape index (κ2) is 6.86. The minimum atomic E-state index is -1.32. The molecule has 0 radical (unpaired) electrons. The van der Waals surface area contributed by atoms with Crippen LogP contribution in [0, 0.1) is 17.8 Å². The third-order valence-electron chi connectivity index (χ3n) is 4.58. The SMILES string of the molecule is CCC[C@@H](C)/C=C(\C)[C@@H]1O[C@](O)(CC)[C@@H](C)C(=O)[C@H]1C. The minimum Gasteiger partial charge on any atom is -0.365 e. The lowest BCUT2D eigenvalue weighted by Crippen LogP contribution is -2.55. The second-order valence-corrected chi connectivity index (χ2v) is 6.33. The zero-order chi connectivity index (χ0) is 15.5. The van der Waals surface area contributed by atoms with E-state index in [9.17, 15) is 9.90 Å². The van der Waals surface area contributed by atoms with Crippen LogP contribution >= 0.6 is 0 Å². The number of hydrogen-bond acceptors (Lipinski definition) is 3. The van der Waals surface area contributed by atoms with Crippen LogP contribution in [0.25, 0.3) is 0 Å². The highest BCUT2D eigenvalue weighted by Gasteiger charge is 2.48. The molecule has 0 aliphatic carbocycles. The molecule has 0 bridgehead atoms. The van der Waals surface area contributed by atoms with E-state index in [-0.39, 0.29) is 17.8 Å². The Morgan fingerprint density at radius 1 is 1.45 bits per heavy atom. The summed E-state index contributed by atoms with van der Waals surface area (Å²) in [5.41, 5.74) is 1.06. The van der Waals surface area contributed by atoms with Crippen molar-refractivity contribution in [3.8, 4) is 0 Å². The number of allylic oxidation sites excluding steroid dienone is 1. The number of hydrogen-bond donors (Lipinski definition) is 1. The Balaban J connectivity index is 2.96. The van der Waals surface area contributed by atoms with Crippen LogP contribution in [0.5, 0.6) is 0 Å². The molecule has 1 fully saturated rings. The summed E-state index contributed by atoms with van der Waals surface area (Å²) >= 11 is 0. The Hall–Kier alpha value is -0.670. The molecule has 0 aromatic rings. The number of rotatable bonds is 5. The van der Waals surface area contributed by atoms with Crippen molar-refractivity contribution in [3.05, 3.63) is 11.6 Å². The molecule has 1 saturated heterocycles. The van der Waals surface area contributed by atoms with Crippen LogP contribution in [0.3, 0.4) is 0 Å². The van der Waals surface area contributed by atoms with Gasteiger partial charge in [-0.3, -0.25) is 4.79 Å². The number of carbonyl (C=O) groups excluding carboxylic acids is 1. The minimum absolute atomic E-state index is 0.0986. The fourth-order valence-electron chi connectivity index (χ4n) is 3.15. The van der Waals surface area contributed by atoms with Gasteiger partial charge in [-0.1, -0.05) is 47.1 Å². The number of ketones is 1. The lowest BCUT2D eigenvalue weighted by atomic mass is 9.79. The number of Topliss-reactive ketones (excluding diaryl/α,β-unsaturated/α-hetero) is 1. The molecular formula is C17H30O3. The van der Waals surface area contributed by atoms with Gasteiger partial charge in [-0.15, -0.1) is 0 Å². The van der Waals surface area contributed by atoms with Gasteiger partial charge in [-0.05, 0) is 31.3 Å². The van der Waals surface area contributed by atoms with E-state index in [1.54, 1.807) is 6.92 Å². The lowest BCUT2D eigenvalue weighted by molar-refractivity contribution is -0.271. The predicted octanol–water partition coefficient (Wildman–Crippen LogP) is 3.71. The molecule has 0 amide bonds. The lowest BCUT2D eigenvalue weighted by Gasteiger charge is -2.44. The smallest absolute Gasteiger partial charge is 0.175 e. The van der Waals surface area contributed by atoms with Gasteiger partial charge >= 0.3 is 0 Å². The molecule has 1 N–H and O–H groups in total. The highest BCUT2D eigenvalue weighted by molar-refractivity contribution is 5.85. The molecule has 0 spiro atoms. The van der Waals surface area contributed by atoms with E-state index < -0.39 is 11.7 Å². The molecule has 3 heteroatoms. The van der Waals surface area contributed by atoms with Crippen LogP contribution in [0.4, 0.5) is 0 Å². The topological polar surface area (TPSA) is 46.5 Å². The molecule has 1 heterocycles. The van der Waals surface area contributed by atoms with E-state index in [2.05, 4.69) is 19.9 Å². The largest absolute Gasteiger partial charge is 0.365 e. The van der Waals surface area contributed by atoms with E-state index in [0.29, 0.717) is 12.3 Å². The maximum absolute atomic E-state index is 12.4. The maximum Gasteiger partial charge on any atom is 0.175 e. The highest BCUT2D eigenvalue weighted by Crippen LogP contribution is 2.38. The van der Waals surface area contributed by atoms with E-state index >= 15 is 0 Å². The average molecular weight is 282 g/mol. The molecule has 116 valence electrons. The van der Waals surface area contributed by atoms with Crippen molar-refractivity contribution < 1.29 is 14.6 Å². The first-order valence-electron chi connectivity index (χ1n) is 7.89. The van der Waals surface area contributed by atoms with Crippen LogP contribution in [0.15, 0.2) is 11.6 Å². The summed E-state index contributed by atoms with van der Waals surface area (Å²) in [5.74, 6) is -1.40. The fourth-order valence-corrected chi connectivity index (χ4v) is 3.15. The predicted molar refractivity (Wildman–Crippen MR) is 81.3 cm³/mol. The summed E-state index contributed by atoms with van der Waals surface area (Å²) in [5, 5.41) is 10.5. The van der Waals surface area contributed by atoms with Gasteiger partial charge < -0.3 is 9.84 Å². The Bertz CT molecular complexity index is 374. The molecule has 1 aliphatic heterocycles. The molecule has 0 aromatic heterocycles. The van der Waals surface area contributed by atoms with Crippen molar-refractivity contribution in [1.82, 2.24) is 0 Å². The van der Waals surface area contributed by atoms with E-state index in [0.717, 1.165) is 18.4 Å². The summed E-state index contributed by atoms with van der Waals surface area (Å²) in [4.78, 5) is 12.4. The van der Waals surface area contributed by atoms with E-state index in [1.165, 1.54) is 0 Å². The maximum atomic E-state index is 12.4. The highest BCUT2D eigenvalue weighted by atomic mass is 16.6. The van der Waals surface area contributed by atoms with Gasteiger partial charge in [-0.25, -0.2) is 0 Å². The average Bonchev–Trinajstić information content (AvgIpc) is 2.40. The third kappa shape index (κ3) is 3.50. The third-order valence-corrected chi connectivity index (χ3v) is 4.58. The Morgan fingerprint density at radius 2 is 2.05 bits per heavy atom. The van der Waals surface area contributed by atoms with E-state index in [1.807, 2.05) is 20.8 Å². The van der Waals surface area contributed by atoms with Crippen molar-refractivity contribution in [2.75, 3.05) is 0 Å². The molecule has 0 aromatic carbocycles. The Morgan fingerprint density at radius 3 is 2.55 bits per heavy atom. The molecule has 1 rings (SSSR count). The van der Waals surface area contributed by atoms with Gasteiger partial charge in [0.25, 0.3) is 0 Å². The van der Waals surface area contributed by atoms with Gasteiger partial charge in [0.15, 0.2) is 5.79 Å². The van der Waals surface area contributed by atoms with Crippen LogP contribution in [0.2, 0.25) is 0 Å². The van der Waals surface area contributed by atoms with Gasteiger partial charge in [0.05, 0.1) is 12.0 Å². The van der Waals surface area contributed by atoms with Crippen LogP contribution < -0.4 is 0 Å². The summed E-state index contributed by atoms with van der Waals surface area (Å²) in [6.07, 6.45) is 4.58. The summed E-state index contributed by atoms with van der Waals surface area (Å²) in [6.45, 7) is 11.9. The van der Waals surface area contributed by atoms with Crippen LogP contribution in [-0.4, -0.2) is 22.8 Å². The molecular weight excluding hydrogens is 252 g/mol. The van der Waals surface area contributed by atoms with Crippen molar-refractivity contribution in [2.45, 2.75) is 72.7 Å². The molecule has 1 aliphatic rings. The monoisotopic (exact) mass is 282 g/mol. The second-order valence-electron chi connectivity index (χ2n) is 6.33. The molecule has 0 saturated carbocycles. The Labute approximate surface area is 123 Å². The molecule has 0 unspecified atom stereocenters. The van der Waals surface area contributed by atoms with Crippen molar-refractivity contribution in [2.24, 2.45) is 17.8 Å². The Kier molecular flexibility index (Phi) is 5.96. The number of ether oxygens (including phenoxy) is 1. The van der Waals surface area contributed by atoms with Gasteiger partial charge in [0.2, 0.25) is 0 Å². The summed E-state index contributed by atoms with van der Waals surface area (Å²) in [7, 11) is 0. The van der Waals surface area contributed by atoms with Gasteiger partial charge in [-0.2, -0.15) is 0 Å². The zero-order valence-electron chi connectivity index (χ0n) is 13.8. The van der Waals surface area contributed by atoms with Crippen molar-refractivity contribution in [3.63, 3.8) is 0 Å². The van der Waals surface area contributed by atoms with Crippen molar-refractivity contribution >= 4 is 5.78 Å². The normalized spacial score (nSPS) is 37.0. The zero-order valence-corrected chi connectivity index (χ0v) is 13.8. The number of aliphatic hydroxyl groups is 1. The molecule has 5 atom stereocenters. The summed E-state index contributed by atoms with van der Waals surface area (Å²) in [6, 6.07) is 0. The molecule has 3 nitrogen and oxygen atoms in total. The van der Waals surface area contributed by atoms with E-state index in [4.69, 9.17) is 4.74 Å². The first-order chi connectivity index (χ1) is 9.26. The van der Waals surface area contributed by atoms with Crippen molar-refractivity contribution in [1.29, 1.82) is 0 Å². The quantitative estimate of drug-likeness (QED) is 0.782. The number of carbonyl (C=O) groups is 1. The standard InChI is InChI=1S/C17H30O3/c1-7-9-11(3)10-12(4)16-13(5)15(18)14(6)17(19,8-2)20-16/h10-11,13-14,16,19H,7-9H2,1-6H3/b12-10+/t11-,13-,14+,16+,17-/m1/s1. The van der Waals surface area contributed by atoms with Gasteiger partial charge in [0.1, 0.15) is 5.78 Å². The van der Waals surface area contributed by atoms with Crippen LogP contribution in [0.1, 0.15) is 60.8 Å². The first kappa shape index (κ1) is 17.4. The van der Waals surface area contributed by atoms with Gasteiger partial charge in [0, 0.05) is 5.92 Å². The first-order valence-corrected chi connectivity index (χ1v) is 7.89. The molecule has 20 heavy (non-hydrogen) atoms. The summed E-state index contributed by atoms with van der Waals surface area (Å²) < 4.78 is 5.93.